The molecular formula is C20H27N5O2. The Hall–Kier alpha value is -2.25. The molecule has 27 heavy (non-hydrogen) atoms. The topological polar surface area (TPSA) is 65.7 Å². The standard InChI is InChI=1S/C20H27N5O2/c1-16-19(22-27-21-16)15-24-10-12-25(13-11-24)20(26)18-6-4-17(5-7-18)14-23-8-2-3-9-23/h4-7H,2-3,8-15H2,1H3. The Kier molecular flexibility index (Phi) is 5.50. The summed E-state index contributed by atoms with van der Waals surface area (Å²) in [5.74, 6) is 0.127. The number of nitrogens with zero attached hydrogens (tertiary/aromatic N) is 5. The van der Waals surface area contributed by atoms with Crippen LogP contribution >= 0.6 is 0 Å². The molecule has 1 aromatic carbocycles. The summed E-state index contributed by atoms with van der Waals surface area (Å²) in [5, 5.41) is 7.77. The largest absolute Gasteiger partial charge is 0.336 e. The SMILES string of the molecule is Cc1nonc1CN1CCN(C(=O)c2ccc(CN3CCCC3)cc2)CC1. The third-order valence-corrected chi connectivity index (χ3v) is 5.59. The van der Waals surface area contributed by atoms with Crippen LogP contribution in [0.25, 0.3) is 0 Å². The number of piperazine rings is 1. The van der Waals surface area contributed by atoms with Crippen LogP contribution < -0.4 is 0 Å². The third kappa shape index (κ3) is 4.36. The maximum absolute atomic E-state index is 12.8. The first-order valence-corrected chi connectivity index (χ1v) is 9.80. The minimum atomic E-state index is 0.127. The van der Waals surface area contributed by atoms with Gasteiger partial charge in [-0.15, -0.1) is 0 Å². The monoisotopic (exact) mass is 369 g/mol. The summed E-state index contributed by atoms with van der Waals surface area (Å²) in [7, 11) is 0. The summed E-state index contributed by atoms with van der Waals surface area (Å²) >= 11 is 0. The zero-order valence-electron chi connectivity index (χ0n) is 15.9. The van der Waals surface area contributed by atoms with E-state index in [0.717, 1.165) is 56.2 Å². The molecule has 0 saturated carbocycles. The van der Waals surface area contributed by atoms with E-state index in [9.17, 15) is 4.79 Å². The number of likely N-dealkylation sites (tertiary alicyclic amines) is 1. The van der Waals surface area contributed by atoms with Crippen molar-refractivity contribution in [3.8, 4) is 0 Å². The molecule has 1 amide bonds. The van der Waals surface area contributed by atoms with Crippen molar-refractivity contribution in [1.29, 1.82) is 0 Å². The van der Waals surface area contributed by atoms with Crippen LogP contribution in [-0.2, 0) is 13.1 Å². The molecule has 0 aliphatic carbocycles. The van der Waals surface area contributed by atoms with Gasteiger partial charge in [0, 0.05) is 44.8 Å². The summed E-state index contributed by atoms with van der Waals surface area (Å²) in [4.78, 5) is 19.5. The number of aryl methyl sites for hydroxylation is 1. The molecule has 1 aromatic heterocycles. The molecule has 4 rings (SSSR count). The summed E-state index contributed by atoms with van der Waals surface area (Å²) in [5.41, 5.74) is 3.78. The molecule has 0 bridgehead atoms. The van der Waals surface area contributed by atoms with Crippen molar-refractivity contribution in [2.45, 2.75) is 32.9 Å². The molecule has 2 fully saturated rings. The van der Waals surface area contributed by atoms with Crippen molar-refractivity contribution in [2.24, 2.45) is 0 Å². The highest BCUT2D eigenvalue weighted by molar-refractivity contribution is 5.94. The number of rotatable bonds is 5. The molecule has 7 heteroatoms. The van der Waals surface area contributed by atoms with Crippen molar-refractivity contribution in [2.75, 3.05) is 39.3 Å². The van der Waals surface area contributed by atoms with E-state index in [1.54, 1.807) is 0 Å². The number of amides is 1. The Morgan fingerprint density at radius 3 is 2.22 bits per heavy atom. The summed E-state index contributed by atoms with van der Waals surface area (Å²) in [6, 6.07) is 8.15. The number of benzene rings is 1. The van der Waals surface area contributed by atoms with Crippen LogP contribution in [0.3, 0.4) is 0 Å². The van der Waals surface area contributed by atoms with E-state index in [1.165, 1.54) is 31.5 Å². The van der Waals surface area contributed by atoms with Crippen LogP contribution in [0.4, 0.5) is 0 Å². The quantitative estimate of drug-likeness (QED) is 0.802. The molecule has 0 atom stereocenters. The van der Waals surface area contributed by atoms with E-state index in [2.05, 4.69) is 32.2 Å². The Morgan fingerprint density at radius 2 is 1.59 bits per heavy atom. The minimum absolute atomic E-state index is 0.127. The molecule has 2 aromatic rings. The van der Waals surface area contributed by atoms with Crippen molar-refractivity contribution >= 4 is 5.91 Å². The van der Waals surface area contributed by atoms with Gasteiger partial charge in [0.25, 0.3) is 5.91 Å². The van der Waals surface area contributed by atoms with Crippen molar-refractivity contribution in [3.05, 3.63) is 46.8 Å². The maximum atomic E-state index is 12.8. The van der Waals surface area contributed by atoms with E-state index in [4.69, 9.17) is 4.63 Å². The van der Waals surface area contributed by atoms with Gasteiger partial charge < -0.3 is 4.90 Å². The number of aromatic nitrogens is 2. The fraction of sp³-hybridized carbons (Fsp3) is 0.550. The van der Waals surface area contributed by atoms with Crippen LogP contribution in [0.1, 0.15) is 40.2 Å². The fourth-order valence-corrected chi connectivity index (χ4v) is 3.85. The molecule has 144 valence electrons. The second-order valence-electron chi connectivity index (χ2n) is 7.54. The van der Waals surface area contributed by atoms with Crippen molar-refractivity contribution in [3.63, 3.8) is 0 Å². The number of carbonyl (C=O) groups excluding carboxylic acids is 1. The molecular weight excluding hydrogens is 342 g/mol. The van der Waals surface area contributed by atoms with E-state index in [0.29, 0.717) is 0 Å². The highest BCUT2D eigenvalue weighted by Crippen LogP contribution is 2.15. The van der Waals surface area contributed by atoms with Gasteiger partial charge in [0.15, 0.2) is 0 Å². The smallest absolute Gasteiger partial charge is 0.253 e. The third-order valence-electron chi connectivity index (χ3n) is 5.59. The first kappa shape index (κ1) is 18.1. The van der Waals surface area contributed by atoms with Gasteiger partial charge in [0.1, 0.15) is 11.4 Å². The Labute approximate surface area is 159 Å². The first-order chi connectivity index (χ1) is 13.2. The highest BCUT2D eigenvalue weighted by atomic mass is 16.6. The molecule has 3 heterocycles. The van der Waals surface area contributed by atoms with Crippen LogP contribution in [0, 0.1) is 6.92 Å². The molecule has 2 aliphatic heterocycles. The average molecular weight is 369 g/mol. The van der Waals surface area contributed by atoms with Gasteiger partial charge in [0.2, 0.25) is 0 Å². The Balaban J connectivity index is 1.29. The number of hydrogen-bond acceptors (Lipinski definition) is 6. The Bertz CT molecular complexity index is 759. The van der Waals surface area contributed by atoms with Crippen LogP contribution in [0.15, 0.2) is 28.9 Å². The van der Waals surface area contributed by atoms with Gasteiger partial charge in [-0.05, 0) is 50.6 Å². The summed E-state index contributed by atoms with van der Waals surface area (Å²) in [6.45, 7) is 9.14. The van der Waals surface area contributed by atoms with Gasteiger partial charge in [-0.3, -0.25) is 14.6 Å². The van der Waals surface area contributed by atoms with Crippen molar-refractivity contribution < 1.29 is 9.42 Å². The van der Waals surface area contributed by atoms with E-state index in [1.807, 2.05) is 24.0 Å². The zero-order chi connectivity index (χ0) is 18.6. The van der Waals surface area contributed by atoms with Crippen molar-refractivity contribution in [1.82, 2.24) is 25.0 Å². The summed E-state index contributed by atoms with van der Waals surface area (Å²) < 4.78 is 4.76. The predicted octanol–water partition coefficient (Wildman–Crippen LogP) is 1.93. The van der Waals surface area contributed by atoms with E-state index in [-0.39, 0.29) is 5.91 Å². The normalized spacial score (nSPS) is 18.9. The lowest BCUT2D eigenvalue weighted by molar-refractivity contribution is 0.0625. The van der Waals surface area contributed by atoms with Gasteiger partial charge in [-0.1, -0.05) is 22.4 Å². The first-order valence-electron chi connectivity index (χ1n) is 9.80. The fourth-order valence-electron chi connectivity index (χ4n) is 3.85. The van der Waals surface area contributed by atoms with Crippen LogP contribution in [0.5, 0.6) is 0 Å². The van der Waals surface area contributed by atoms with Gasteiger partial charge in [-0.2, -0.15) is 0 Å². The van der Waals surface area contributed by atoms with Crippen LogP contribution in [-0.4, -0.2) is 70.2 Å². The Morgan fingerprint density at radius 1 is 0.926 bits per heavy atom. The van der Waals surface area contributed by atoms with Crippen LogP contribution in [0.2, 0.25) is 0 Å². The molecule has 2 saturated heterocycles. The second kappa shape index (κ2) is 8.19. The molecule has 0 unspecified atom stereocenters. The predicted molar refractivity (Wildman–Crippen MR) is 101 cm³/mol. The minimum Gasteiger partial charge on any atom is -0.336 e. The van der Waals surface area contributed by atoms with E-state index < -0.39 is 0 Å². The number of carbonyl (C=O) groups is 1. The lowest BCUT2D eigenvalue weighted by atomic mass is 10.1. The second-order valence-corrected chi connectivity index (χ2v) is 7.54. The lowest BCUT2D eigenvalue weighted by Gasteiger charge is -2.34. The highest BCUT2D eigenvalue weighted by Gasteiger charge is 2.23. The molecule has 2 aliphatic rings. The molecule has 7 nitrogen and oxygen atoms in total. The van der Waals surface area contributed by atoms with Gasteiger partial charge >= 0.3 is 0 Å². The average Bonchev–Trinajstić information content (AvgIpc) is 3.35. The maximum Gasteiger partial charge on any atom is 0.253 e. The van der Waals surface area contributed by atoms with Gasteiger partial charge in [0.05, 0.1) is 0 Å². The molecule has 0 spiro atoms. The number of hydrogen-bond donors (Lipinski definition) is 0. The van der Waals surface area contributed by atoms with Gasteiger partial charge in [-0.25, -0.2) is 4.63 Å². The molecule has 0 N–H and O–H groups in total. The molecule has 0 radical (unpaired) electrons. The lowest BCUT2D eigenvalue weighted by Crippen LogP contribution is -2.48. The zero-order valence-corrected chi connectivity index (χ0v) is 15.9. The van der Waals surface area contributed by atoms with E-state index >= 15 is 0 Å². The summed E-state index contributed by atoms with van der Waals surface area (Å²) in [6.07, 6.45) is 2.60.